The van der Waals surface area contributed by atoms with E-state index in [2.05, 4.69) is 17.9 Å². The van der Waals surface area contributed by atoms with Crippen molar-refractivity contribution in [2.75, 3.05) is 12.3 Å². The summed E-state index contributed by atoms with van der Waals surface area (Å²) >= 11 is 4.12. The Bertz CT molecular complexity index is 142. The van der Waals surface area contributed by atoms with Gasteiger partial charge in [-0.1, -0.05) is 19.8 Å². The van der Waals surface area contributed by atoms with E-state index in [1.165, 1.54) is 0 Å². The topological polar surface area (TPSA) is 55.1 Å². The van der Waals surface area contributed by atoms with Crippen molar-refractivity contribution in [2.24, 2.45) is 5.73 Å². The summed E-state index contributed by atoms with van der Waals surface area (Å²) in [6, 6.07) is -0.148. The molecule has 78 valence electrons. The van der Waals surface area contributed by atoms with Crippen LogP contribution in [0.2, 0.25) is 0 Å². The molecule has 3 nitrogen and oxygen atoms in total. The predicted molar refractivity (Wildman–Crippen MR) is 59.0 cm³/mol. The van der Waals surface area contributed by atoms with Crippen LogP contribution in [0.1, 0.15) is 32.6 Å². The summed E-state index contributed by atoms with van der Waals surface area (Å²) in [5.74, 6) is 0.676. The number of nitrogens with one attached hydrogen (secondary N) is 1. The number of carbonyl (C=O) groups is 1. The van der Waals surface area contributed by atoms with Gasteiger partial charge in [0, 0.05) is 0 Å². The molecule has 0 saturated heterocycles. The molecule has 1 amide bonds. The van der Waals surface area contributed by atoms with Gasteiger partial charge in [0.1, 0.15) is 0 Å². The molecule has 1 atom stereocenters. The number of likely N-dealkylation sites (N-methyl/N-ethyl adjacent to an activating group) is 1. The van der Waals surface area contributed by atoms with Gasteiger partial charge in [-0.25, -0.2) is 0 Å². The summed E-state index contributed by atoms with van der Waals surface area (Å²) in [6.45, 7) is 2.77. The second-order valence-corrected chi connectivity index (χ2v) is 3.53. The van der Waals surface area contributed by atoms with Gasteiger partial charge >= 0.3 is 0 Å². The van der Waals surface area contributed by atoms with Crippen LogP contribution in [0.25, 0.3) is 0 Å². The van der Waals surface area contributed by atoms with Crippen LogP contribution >= 0.6 is 12.6 Å². The molecule has 0 saturated carbocycles. The van der Waals surface area contributed by atoms with E-state index in [9.17, 15) is 4.79 Å². The number of amides is 1. The zero-order valence-electron chi connectivity index (χ0n) is 8.25. The van der Waals surface area contributed by atoms with Gasteiger partial charge in [0.05, 0.1) is 6.04 Å². The molecular weight excluding hydrogens is 184 g/mol. The number of carbonyl (C=O) groups excluding carboxylic acids is 1. The first-order valence-electron chi connectivity index (χ1n) is 4.86. The number of nitrogens with two attached hydrogens (primary N) is 1. The Morgan fingerprint density at radius 3 is 2.62 bits per heavy atom. The summed E-state index contributed by atoms with van der Waals surface area (Å²) in [5, 5.41) is 3.07. The maximum atomic E-state index is 10.9. The summed E-state index contributed by atoms with van der Waals surface area (Å²) in [5.41, 5.74) is 5.22. The fourth-order valence-corrected chi connectivity index (χ4v) is 1.45. The molecule has 0 aliphatic rings. The molecular formula is C9H20N2OS. The Labute approximate surface area is 85.9 Å². The maximum absolute atomic E-state index is 10.9. The Morgan fingerprint density at radius 1 is 1.46 bits per heavy atom. The van der Waals surface area contributed by atoms with E-state index < -0.39 is 0 Å². The van der Waals surface area contributed by atoms with Crippen LogP contribution in [0.3, 0.4) is 0 Å². The molecule has 0 aromatic heterocycles. The Morgan fingerprint density at radius 2 is 2.15 bits per heavy atom. The van der Waals surface area contributed by atoms with E-state index in [0.717, 1.165) is 38.0 Å². The summed E-state index contributed by atoms with van der Waals surface area (Å²) < 4.78 is 0. The first-order chi connectivity index (χ1) is 6.22. The Kier molecular flexibility index (Phi) is 8.24. The van der Waals surface area contributed by atoms with E-state index in [-0.39, 0.29) is 11.9 Å². The quantitative estimate of drug-likeness (QED) is 0.407. The summed E-state index contributed by atoms with van der Waals surface area (Å²) in [4.78, 5) is 10.9. The lowest BCUT2D eigenvalue weighted by atomic mass is 10.1. The number of hydrogen-bond donors (Lipinski definition) is 3. The van der Waals surface area contributed by atoms with E-state index >= 15 is 0 Å². The number of primary amides is 1. The Balaban J connectivity index is 3.51. The third-order valence-electron chi connectivity index (χ3n) is 1.94. The molecule has 0 aliphatic carbocycles. The van der Waals surface area contributed by atoms with Gasteiger partial charge in [-0.05, 0) is 25.1 Å². The maximum Gasteiger partial charge on any atom is 0.234 e. The van der Waals surface area contributed by atoms with E-state index in [0.29, 0.717) is 0 Å². The molecule has 13 heavy (non-hydrogen) atoms. The molecule has 0 rings (SSSR count). The van der Waals surface area contributed by atoms with Crippen molar-refractivity contribution >= 4 is 18.5 Å². The van der Waals surface area contributed by atoms with Crippen molar-refractivity contribution < 1.29 is 4.79 Å². The van der Waals surface area contributed by atoms with Crippen LogP contribution in [-0.4, -0.2) is 24.2 Å². The average molecular weight is 204 g/mol. The van der Waals surface area contributed by atoms with E-state index in [1.807, 2.05) is 6.92 Å². The third kappa shape index (κ3) is 6.90. The van der Waals surface area contributed by atoms with Gasteiger partial charge in [0.25, 0.3) is 0 Å². The molecule has 0 heterocycles. The number of thiol groups is 1. The van der Waals surface area contributed by atoms with Crippen LogP contribution in [-0.2, 0) is 4.79 Å². The minimum absolute atomic E-state index is 0.148. The first-order valence-corrected chi connectivity index (χ1v) is 5.49. The molecule has 0 radical (unpaired) electrons. The molecule has 3 N–H and O–H groups in total. The predicted octanol–water partition coefficient (Wildman–Crippen LogP) is 0.940. The molecule has 0 aliphatic heterocycles. The molecule has 0 aromatic rings. The van der Waals surface area contributed by atoms with Gasteiger partial charge in [-0.3, -0.25) is 4.79 Å². The molecule has 0 bridgehead atoms. The Hall–Kier alpha value is -0.220. The van der Waals surface area contributed by atoms with Crippen LogP contribution in [0, 0.1) is 0 Å². The minimum atomic E-state index is -0.243. The second-order valence-electron chi connectivity index (χ2n) is 3.09. The normalized spacial score (nSPS) is 12.8. The number of hydrogen-bond acceptors (Lipinski definition) is 3. The molecule has 1 unspecified atom stereocenters. The highest BCUT2D eigenvalue weighted by molar-refractivity contribution is 7.80. The summed E-state index contributed by atoms with van der Waals surface area (Å²) in [7, 11) is 0. The minimum Gasteiger partial charge on any atom is -0.368 e. The lowest BCUT2D eigenvalue weighted by Crippen LogP contribution is -2.41. The monoisotopic (exact) mass is 204 g/mol. The standard InChI is InChI=1S/C9H20N2OS/c1-2-11-8(9(10)12)6-4-3-5-7-13/h8,11,13H,2-7H2,1H3,(H2,10,12). The van der Waals surface area contributed by atoms with Crippen molar-refractivity contribution in [2.45, 2.75) is 38.6 Å². The number of rotatable bonds is 8. The average Bonchev–Trinajstić information content (AvgIpc) is 2.10. The van der Waals surface area contributed by atoms with Gasteiger partial charge in [-0.2, -0.15) is 12.6 Å². The van der Waals surface area contributed by atoms with Crippen molar-refractivity contribution in [3.63, 3.8) is 0 Å². The van der Waals surface area contributed by atoms with Crippen molar-refractivity contribution in [1.82, 2.24) is 5.32 Å². The van der Waals surface area contributed by atoms with E-state index in [1.54, 1.807) is 0 Å². The SMILES string of the molecule is CCNC(CCCCCS)C(N)=O. The summed E-state index contributed by atoms with van der Waals surface area (Å²) in [6.07, 6.45) is 4.12. The van der Waals surface area contributed by atoms with Gasteiger partial charge in [0.15, 0.2) is 0 Å². The molecule has 0 spiro atoms. The van der Waals surface area contributed by atoms with Crippen LogP contribution in [0.15, 0.2) is 0 Å². The fraction of sp³-hybridized carbons (Fsp3) is 0.889. The van der Waals surface area contributed by atoms with Crippen LogP contribution in [0.4, 0.5) is 0 Å². The lowest BCUT2D eigenvalue weighted by molar-refractivity contribution is -0.120. The second kappa shape index (κ2) is 8.38. The number of unbranched alkanes of at least 4 members (excludes halogenated alkanes) is 2. The van der Waals surface area contributed by atoms with E-state index in [4.69, 9.17) is 5.73 Å². The largest absolute Gasteiger partial charge is 0.368 e. The fourth-order valence-electron chi connectivity index (χ4n) is 1.23. The molecule has 4 heteroatoms. The molecule has 0 aromatic carbocycles. The zero-order valence-corrected chi connectivity index (χ0v) is 9.15. The van der Waals surface area contributed by atoms with Crippen LogP contribution < -0.4 is 11.1 Å². The molecule has 0 fully saturated rings. The smallest absolute Gasteiger partial charge is 0.234 e. The zero-order chi connectivity index (χ0) is 10.1. The van der Waals surface area contributed by atoms with Crippen molar-refractivity contribution in [3.8, 4) is 0 Å². The van der Waals surface area contributed by atoms with Crippen molar-refractivity contribution in [1.29, 1.82) is 0 Å². The third-order valence-corrected chi connectivity index (χ3v) is 2.26. The van der Waals surface area contributed by atoms with Gasteiger partial charge in [-0.15, -0.1) is 0 Å². The first kappa shape index (κ1) is 12.8. The van der Waals surface area contributed by atoms with Crippen LogP contribution in [0.5, 0.6) is 0 Å². The highest BCUT2D eigenvalue weighted by Gasteiger charge is 2.12. The highest BCUT2D eigenvalue weighted by atomic mass is 32.1. The van der Waals surface area contributed by atoms with Crippen molar-refractivity contribution in [3.05, 3.63) is 0 Å². The highest BCUT2D eigenvalue weighted by Crippen LogP contribution is 2.04. The lowest BCUT2D eigenvalue weighted by Gasteiger charge is -2.13. The van der Waals surface area contributed by atoms with Gasteiger partial charge in [0.2, 0.25) is 5.91 Å². The van der Waals surface area contributed by atoms with Gasteiger partial charge < -0.3 is 11.1 Å².